The van der Waals surface area contributed by atoms with Crippen LogP contribution in [0, 0.1) is 6.92 Å². The van der Waals surface area contributed by atoms with Crippen LogP contribution in [0.25, 0.3) is 0 Å². The van der Waals surface area contributed by atoms with Gasteiger partial charge in [-0.2, -0.15) is 17.4 Å². The van der Waals surface area contributed by atoms with Crippen LogP contribution in [0.15, 0.2) is 18.3 Å². The molecule has 0 fully saturated rings. The molecule has 0 atom stereocenters. The molecule has 1 aromatic rings. The number of aryl methyl sites for hydroxylation is 1. The molecule has 1 aromatic heterocycles. The quantitative estimate of drug-likeness (QED) is 0.668. The van der Waals surface area contributed by atoms with Gasteiger partial charge in [-0.05, 0) is 31.5 Å². The Morgan fingerprint density at radius 3 is 2.71 bits per heavy atom. The third-order valence-corrected chi connectivity index (χ3v) is 4.66. The molecule has 0 saturated carbocycles. The van der Waals surface area contributed by atoms with Crippen molar-refractivity contribution in [3.63, 3.8) is 0 Å². The van der Waals surface area contributed by atoms with Gasteiger partial charge >= 0.3 is 0 Å². The largest absolute Gasteiger partial charge is 0.314 e. The normalized spacial score (nSPS) is 12.3. The van der Waals surface area contributed by atoms with E-state index in [1.165, 1.54) is 4.31 Å². The molecule has 0 aliphatic rings. The van der Waals surface area contributed by atoms with Gasteiger partial charge in [0, 0.05) is 25.8 Å². The smallest absolute Gasteiger partial charge is 0.279 e. The number of hydrogen-bond donors (Lipinski definition) is 2. The first-order chi connectivity index (χ1) is 9.83. The number of aromatic nitrogens is 1. The number of nitrogens with zero attached hydrogens (tertiary/aromatic N) is 2. The van der Waals surface area contributed by atoms with E-state index in [-0.39, 0.29) is 6.54 Å². The van der Waals surface area contributed by atoms with Crippen LogP contribution in [0.5, 0.6) is 0 Å². The maximum absolute atomic E-state index is 12.1. The molecule has 6 nitrogen and oxygen atoms in total. The molecule has 7 heteroatoms. The average Bonchev–Trinajstić information content (AvgIpc) is 2.42. The van der Waals surface area contributed by atoms with Gasteiger partial charge in [0.25, 0.3) is 10.2 Å². The topological polar surface area (TPSA) is 74.3 Å². The fourth-order valence-corrected chi connectivity index (χ4v) is 2.69. The minimum Gasteiger partial charge on any atom is -0.314 e. The van der Waals surface area contributed by atoms with Crippen molar-refractivity contribution in [3.8, 4) is 0 Å². The van der Waals surface area contributed by atoms with Crippen LogP contribution < -0.4 is 10.0 Å². The van der Waals surface area contributed by atoms with Gasteiger partial charge in [0.1, 0.15) is 0 Å². The van der Waals surface area contributed by atoms with E-state index < -0.39 is 10.2 Å². The van der Waals surface area contributed by atoms with Crippen LogP contribution in [0.4, 0.5) is 0 Å². The summed E-state index contributed by atoms with van der Waals surface area (Å²) in [5.41, 5.74) is 1.72. The van der Waals surface area contributed by atoms with E-state index >= 15 is 0 Å². The van der Waals surface area contributed by atoms with Gasteiger partial charge in [0.05, 0.1) is 12.2 Å². The molecule has 0 amide bonds. The van der Waals surface area contributed by atoms with Crippen molar-refractivity contribution in [2.45, 2.75) is 39.8 Å². The minimum absolute atomic E-state index is 0.212. The number of pyridine rings is 1. The molecule has 2 N–H and O–H groups in total. The predicted octanol–water partition coefficient (Wildman–Crippen LogP) is 1.04. The Morgan fingerprint density at radius 2 is 2.10 bits per heavy atom. The van der Waals surface area contributed by atoms with Crippen LogP contribution in [0.2, 0.25) is 0 Å². The van der Waals surface area contributed by atoms with Gasteiger partial charge in [-0.15, -0.1) is 0 Å². The van der Waals surface area contributed by atoms with Gasteiger partial charge in [0.15, 0.2) is 0 Å². The maximum Gasteiger partial charge on any atom is 0.279 e. The fourth-order valence-electron chi connectivity index (χ4n) is 1.79. The number of nitrogens with one attached hydrogen (secondary N) is 2. The lowest BCUT2D eigenvalue weighted by atomic mass is 10.2. The van der Waals surface area contributed by atoms with E-state index in [0.717, 1.165) is 24.2 Å². The number of hydrogen-bond acceptors (Lipinski definition) is 4. The SMILES string of the molecule is Cc1cccnc1CNS(=O)(=O)N(C)CCCNC(C)C. The first-order valence-electron chi connectivity index (χ1n) is 7.17. The summed E-state index contributed by atoms with van der Waals surface area (Å²) in [4.78, 5) is 4.18. The molecule has 0 aromatic carbocycles. The second kappa shape index (κ2) is 8.43. The molecule has 0 aliphatic heterocycles. The molecule has 0 aliphatic carbocycles. The van der Waals surface area contributed by atoms with Crippen molar-refractivity contribution in [2.24, 2.45) is 0 Å². The molecule has 0 unspecified atom stereocenters. The third-order valence-electron chi connectivity index (χ3n) is 3.15. The summed E-state index contributed by atoms with van der Waals surface area (Å²) < 4.78 is 28.1. The Kier molecular flexibility index (Phi) is 7.24. The van der Waals surface area contributed by atoms with Gasteiger partial charge in [-0.3, -0.25) is 4.98 Å². The van der Waals surface area contributed by atoms with Crippen molar-refractivity contribution in [3.05, 3.63) is 29.6 Å². The van der Waals surface area contributed by atoms with E-state index in [4.69, 9.17) is 0 Å². The van der Waals surface area contributed by atoms with Crippen LogP contribution in [0.1, 0.15) is 31.5 Å². The summed E-state index contributed by atoms with van der Waals surface area (Å²) >= 11 is 0. The lowest BCUT2D eigenvalue weighted by Crippen LogP contribution is -2.39. The van der Waals surface area contributed by atoms with Gasteiger partial charge < -0.3 is 5.32 Å². The van der Waals surface area contributed by atoms with E-state index in [1.54, 1.807) is 13.2 Å². The monoisotopic (exact) mass is 314 g/mol. The average molecular weight is 314 g/mol. The first kappa shape index (κ1) is 18.0. The van der Waals surface area contributed by atoms with Gasteiger partial charge in [-0.1, -0.05) is 19.9 Å². The second-order valence-corrected chi connectivity index (χ2v) is 7.24. The molecule has 0 spiro atoms. The summed E-state index contributed by atoms with van der Waals surface area (Å²) in [6.07, 6.45) is 2.44. The molecular weight excluding hydrogens is 288 g/mol. The molecule has 1 rings (SSSR count). The minimum atomic E-state index is -3.46. The summed E-state index contributed by atoms with van der Waals surface area (Å²) in [6, 6.07) is 4.16. The Balaban J connectivity index is 2.43. The summed E-state index contributed by atoms with van der Waals surface area (Å²) in [7, 11) is -1.87. The molecule has 21 heavy (non-hydrogen) atoms. The van der Waals surface area contributed by atoms with Crippen LogP contribution in [-0.2, 0) is 16.8 Å². The Morgan fingerprint density at radius 1 is 1.38 bits per heavy atom. The molecular formula is C14H26N4O2S. The Bertz CT molecular complexity index is 532. The summed E-state index contributed by atoms with van der Waals surface area (Å²) in [5.74, 6) is 0. The highest BCUT2D eigenvalue weighted by Gasteiger charge is 2.17. The standard InChI is InChI=1S/C14H26N4O2S/c1-12(2)15-9-6-10-18(4)21(19,20)17-11-14-13(3)7-5-8-16-14/h5,7-8,12,15,17H,6,9-11H2,1-4H3. The Labute approximate surface area is 128 Å². The van der Waals surface area contributed by atoms with Crippen molar-refractivity contribution in [1.29, 1.82) is 0 Å². The van der Waals surface area contributed by atoms with Crippen molar-refractivity contribution >= 4 is 10.2 Å². The highest BCUT2D eigenvalue weighted by molar-refractivity contribution is 7.87. The molecule has 0 bridgehead atoms. The second-order valence-electron chi connectivity index (χ2n) is 5.38. The third kappa shape index (κ3) is 6.52. The predicted molar refractivity (Wildman–Crippen MR) is 85.1 cm³/mol. The van der Waals surface area contributed by atoms with E-state index in [9.17, 15) is 8.42 Å². The van der Waals surface area contributed by atoms with Crippen molar-refractivity contribution in [1.82, 2.24) is 19.3 Å². The van der Waals surface area contributed by atoms with Crippen molar-refractivity contribution < 1.29 is 8.42 Å². The molecule has 0 radical (unpaired) electrons. The zero-order chi connectivity index (χ0) is 15.9. The summed E-state index contributed by atoms with van der Waals surface area (Å²) in [6.45, 7) is 7.54. The van der Waals surface area contributed by atoms with E-state index in [2.05, 4.69) is 28.9 Å². The molecule has 120 valence electrons. The van der Waals surface area contributed by atoms with E-state index in [1.807, 2.05) is 19.1 Å². The van der Waals surface area contributed by atoms with Crippen LogP contribution >= 0.6 is 0 Å². The lowest BCUT2D eigenvalue weighted by Gasteiger charge is -2.18. The molecule has 1 heterocycles. The highest BCUT2D eigenvalue weighted by atomic mass is 32.2. The van der Waals surface area contributed by atoms with Crippen molar-refractivity contribution in [2.75, 3.05) is 20.1 Å². The van der Waals surface area contributed by atoms with Gasteiger partial charge in [-0.25, -0.2) is 0 Å². The number of rotatable bonds is 9. The highest BCUT2D eigenvalue weighted by Crippen LogP contribution is 2.04. The maximum atomic E-state index is 12.1. The lowest BCUT2D eigenvalue weighted by molar-refractivity contribution is 0.438. The van der Waals surface area contributed by atoms with Crippen LogP contribution in [0.3, 0.4) is 0 Å². The fraction of sp³-hybridized carbons (Fsp3) is 0.643. The van der Waals surface area contributed by atoms with Crippen LogP contribution in [-0.4, -0.2) is 43.9 Å². The van der Waals surface area contributed by atoms with Gasteiger partial charge in [0.2, 0.25) is 0 Å². The zero-order valence-electron chi connectivity index (χ0n) is 13.3. The van der Waals surface area contributed by atoms with E-state index in [0.29, 0.717) is 12.6 Å². The summed E-state index contributed by atoms with van der Waals surface area (Å²) in [5, 5.41) is 3.27. The Hall–Kier alpha value is -1.02. The first-order valence-corrected chi connectivity index (χ1v) is 8.61. The molecule has 0 saturated heterocycles. The zero-order valence-corrected chi connectivity index (χ0v) is 14.1.